The Hall–Kier alpha value is -1.88. The van der Waals surface area contributed by atoms with Gasteiger partial charge in [0.05, 0.1) is 23.8 Å². The minimum atomic E-state index is -1.04. The Kier molecular flexibility index (Phi) is 4.16. The monoisotopic (exact) mass is 263 g/mol. The van der Waals surface area contributed by atoms with Crippen LogP contribution >= 0.6 is 0 Å². The normalized spacial score (nSPS) is 18.9. The van der Waals surface area contributed by atoms with E-state index in [9.17, 15) is 9.59 Å². The largest absolute Gasteiger partial charge is 0.478 e. The summed E-state index contributed by atoms with van der Waals surface area (Å²) < 4.78 is 5.26. The molecule has 2 rings (SSSR count). The molecule has 1 saturated heterocycles. The molecule has 1 aliphatic heterocycles. The summed E-state index contributed by atoms with van der Waals surface area (Å²) in [6, 6.07) is 4.95. The summed E-state index contributed by atoms with van der Waals surface area (Å²) in [5.41, 5.74) is 1.30. The summed E-state index contributed by atoms with van der Waals surface area (Å²) in [5.74, 6) is -1.42. The van der Waals surface area contributed by atoms with Crippen molar-refractivity contribution < 1.29 is 19.4 Å². The first-order valence-electron chi connectivity index (χ1n) is 6.30. The van der Waals surface area contributed by atoms with Gasteiger partial charge in [0.2, 0.25) is 5.91 Å². The zero-order valence-corrected chi connectivity index (χ0v) is 10.8. The summed E-state index contributed by atoms with van der Waals surface area (Å²) >= 11 is 0. The van der Waals surface area contributed by atoms with E-state index in [1.54, 1.807) is 18.2 Å². The number of rotatable bonds is 3. The Morgan fingerprint density at radius 2 is 2.21 bits per heavy atom. The number of carbonyl (C=O) groups is 2. The van der Waals surface area contributed by atoms with Gasteiger partial charge in [-0.1, -0.05) is 11.6 Å². The molecule has 0 spiro atoms. The molecule has 5 heteroatoms. The summed E-state index contributed by atoms with van der Waals surface area (Å²) in [6.45, 7) is 2.90. The standard InChI is InChI=1S/C14H17NO4/c1-9-4-5-12(11(7-9)14(17)18)15-13(16)10-3-2-6-19-8-10/h4-5,7,10H,2-3,6,8H2,1H3,(H,15,16)(H,17,18). The minimum absolute atomic E-state index is 0.116. The minimum Gasteiger partial charge on any atom is -0.478 e. The molecule has 0 aliphatic carbocycles. The van der Waals surface area contributed by atoms with Crippen molar-refractivity contribution in [1.29, 1.82) is 0 Å². The predicted octanol–water partition coefficient (Wildman–Crippen LogP) is 2.06. The van der Waals surface area contributed by atoms with Crippen LogP contribution in [0.25, 0.3) is 0 Å². The van der Waals surface area contributed by atoms with Crippen LogP contribution < -0.4 is 5.32 Å². The third-order valence-electron chi connectivity index (χ3n) is 3.19. The number of benzene rings is 1. The average molecular weight is 263 g/mol. The molecule has 1 aromatic rings. The van der Waals surface area contributed by atoms with Gasteiger partial charge in [-0.3, -0.25) is 4.79 Å². The molecular formula is C14H17NO4. The van der Waals surface area contributed by atoms with E-state index in [4.69, 9.17) is 9.84 Å². The van der Waals surface area contributed by atoms with Gasteiger partial charge < -0.3 is 15.2 Å². The molecule has 102 valence electrons. The molecule has 1 fully saturated rings. The summed E-state index contributed by atoms with van der Waals surface area (Å²) in [4.78, 5) is 23.2. The zero-order chi connectivity index (χ0) is 13.8. The van der Waals surface area contributed by atoms with E-state index in [1.165, 1.54) is 0 Å². The number of anilines is 1. The second kappa shape index (κ2) is 5.84. The first-order chi connectivity index (χ1) is 9.08. The van der Waals surface area contributed by atoms with E-state index in [0.717, 1.165) is 18.4 Å². The molecule has 1 heterocycles. The summed E-state index contributed by atoms with van der Waals surface area (Å²) in [5, 5.41) is 11.8. The number of ether oxygens (including phenoxy) is 1. The highest BCUT2D eigenvalue weighted by molar-refractivity contribution is 6.01. The zero-order valence-electron chi connectivity index (χ0n) is 10.8. The highest BCUT2D eigenvalue weighted by Gasteiger charge is 2.23. The number of carboxylic acids is 1. The van der Waals surface area contributed by atoms with E-state index in [1.807, 2.05) is 6.92 Å². The maximum Gasteiger partial charge on any atom is 0.337 e. The quantitative estimate of drug-likeness (QED) is 0.875. The Balaban J connectivity index is 2.13. The first kappa shape index (κ1) is 13.5. The molecule has 0 bridgehead atoms. The van der Waals surface area contributed by atoms with Crippen molar-refractivity contribution in [2.75, 3.05) is 18.5 Å². The van der Waals surface area contributed by atoms with Gasteiger partial charge >= 0.3 is 5.97 Å². The second-order valence-corrected chi connectivity index (χ2v) is 4.76. The number of hydrogen-bond acceptors (Lipinski definition) is 3. The lowest BCUT2D eigenvalue weighted by molar-refractivity contribution is -0.123. The molecule has 1 amide bonds. The number of carboxylic acid groups (broad SMARTS) is 1. The number of aryl methyl sites for hydroxylation is 1. The molecule has 0 aromatic heterocycles. The van der Waals surface area contributed by atoms with Crippen LogP contribution in [0.15, 0.2) is 18.2 Å². The van der Waals surface area contributed by atoms with Gasteiger partial charge in [0, 0.05) is 6.61 Å². The molecule has 1 unspecified atom stereocenters. The van der Waals surface area contributed by atoms with Crippen LogP contribution in [0.5, 0.6) is 0 Å². The van der Waals surface area contributed by atoms with E-state index >= 15 is 0 Å². The Morgan fingerprint density at radius 1 is 1.42 bits per heavy atom. The number of aromatic carboxylic acids is 1. The molecule has 5 nitrogen and oxygen atoms in total. The maximum absolute atomic E-state index is 12.0. The van der Waals surface area contributed by atoms with Crippen LogP contribution in [-0.4, -0.2) is 30.2 Å². The van der Waals surface area contributed by atoms with Crippen LogP contribution in [0.1, 0.15) is 28.8 Å². The average Bonchev–Trinajstić information content (AvgIpc) is 2.41. The smallest absolute Gasteiger partial charge is 0.337 e. The van der Waals surface area contributed by atoms with Gasteiger partial charge in [0.1, 0.15) is 0 Å². The Morgan fingerprint density at radius 3 is 2.84 bits per heavy atom. The van der Waals surface area contributed by atoms with E-state index in [0.29, 0.717) is 18.9 Å². The number of amides is 1. The van der Waals surface area contributed by atoms with Crippen molar-refractivity contribution in [1.82, 2.24) is 0 Å². The third kappa shape index (κ3) is 3.32. The van der Waals surface area contributed by atoms with Crippen LogP contribution in [0.3, 0.4) is 0 Å². The number of carbonyl (C=O) groups excluding carboxylic acids is 1. The molecular weight excluding hydrogens is 246 g/mol. The van der Waals surface area contributed by atoms with Crippen LogP contribution in [-0.2, 0) is 9.53 Å². The van der Waals surface area contributed by atoms with Crippen LogP contribution in [0.2, 0.25) is 0 Å². The van der Waals surface area contributed by atoms with Crippen molar-refractivity contribution in [3.8, 4) is 0 Å². The molecule has 1 atom stereocenters. The molecule has 2 N–H and O–H groups in total. The maximum atomic E-state index is 12.0. The van der Waals surface area contributed by atoms with Gasteiger partial charge in [0.25, 0.3) is 0 Å². The lowest BCUT2D eigenvalue weighted by Crippen LogP contribution is -2.30. The summed E-state index contributed by atoms with van der Waals surface area (Å²) in [6.07, 6.45) is 1.64. The van der Waals surface area contributed by atoms with Crippen molar-refractivity contribution in [3.63, 3.8) is 0 Å². The molecule has 0 saturated carbocycles. The van der Waals surface area contributed by atoms with Gasteiger partial charge in [-0.25, -0.2) is 4.79 Å². The number of hydrogen-bond donors (Lipinski definition) is 2. The summed E-state index contributed by atoms with van der Waals surface area (Å²) in [7, 11) is 0. The topological polar surface area (TPSA) is 75.6 Å². The molecule has 1 aliphatic rings. The van der Waals surface area contributed by atoms with E-state index < -0.39 is 5.97 Å². The fourth-order valence-corrected chi connectivity index (χ4v) is 2.13. The SMILES string of the molecule is Cc1ccc(NC(=O)C2CCCOC2)c(C(=O)O)c1. The number of nitrogens with one attached hydrogen (secondary N) is 1. The van der Waals surface area contributed by atoms with Crippen LogP contribution in [0, 0.1) is 12.8 Å². The fraction of sp³-hybridized carbons (Fsp3) is 0.429. The molecule has 1 aromatic carbocycles. The van der Waals surface area contributed by atoms with Crippen molar-refractivity contribution in [2.45, 2.75) is 19.8 Å². The Labute approximate surface area is 111 Å². The molecule has 0 radical (unpaired) electrons. The second-order valence-electron chi connectivity index (χ2n) is 4.76. The van der Waals surface area contributed by atoms with Gasteiger partial charge in [0.15, 0.2) is 0 Å². The lowest BCUT2D eigenvalue weighted by atomic mass is 10.0. The molecule has 19 heavy (non-hydrogen) atoms. The first-order valence-corrected chi connectivity index (χ1v) is 6.30. The Bertz CT molecular complexity index is 492. The third-order valence-corrected chi connectivity index (χ3v) is 3.19. The lowest BCUT2D eigenvalue weighted by Gasteiger charge is -2.21. The van der Waals surface area contributed by atoms with Crippen molar-refractivity contribution >= 4 is 17.6 Å². The predicted molar refractivity (Wildman–Crippen MR) is 70.3 cm³/mol. The van der Waals surface area contributed by atoms with Gasteiger partial charge in [-0.15, -0.1) is 0 Å². The van der Waals surface area contributed by atoms with E-state index in [-0.39, 0.29) is 17.4 Å². The highest BCUT2D eigenvalue weighted by Crippen LogP contribution is 2.20. The fourth-order valence-electron chi connectivity index (χ4n) is 2.13. The highest BCUT2D eigenvalue weighted by atomic mass is 16.5. The van der Waals surface area contributed by atoms with Crippen molar-refractivity contribution in [3.05, 3.63) is 29.3 Å². The van der Waals surface area contributed by atoms with Crippen molar-refractivity contribution in [2.24, 2.45) is 5.92 Å². The van der Waals surface area contributed by atoms with E-state index in [2.05, 4.69) is 5.32 Å². The van der Waals surface area contributed by atoms with Crippen LogP contribution in [0.4, 0.5) is 5.69 Å². The van der Waals surface area contributed by atoms with Gasteiger partial charge in [-0.05, 0) is 31.9 Å². The van der Waals surface area contributed by atoms with Gasteiger partial charge in [-0.2, -0.15) is 0 Å².